The summed E-state index contributed by atoms with van der Waals surface area (Å²) in [5.74, 6) is -0.517. The van der Waals surface area contributed by atoms with Crippen molar-refractivity contribution in [3.8, 4) is 0 Å². The van der Waals surface area contributed by atoms with Crippen LogP contribution in [0.2, 0.25) is 0 Å². The number of carbonyl (C=O) groups excluding carboxylic acids is 1. The monoisotopic (exact) mass is 318 g/mol. The van der Waals surface area contributed by atoms with Gasteiger partial charge in [-0.05, 0) is 40.5 Å². The summed E-state index contributed by atoms with van der Waals surface area (Å²) >= 11 is 3.08. The Bertz CT molecular complexity index is 427. The van der Waals surface area contributed by atoms with Gasteiger partial charge in [0.15, 0.2) is 0 Å². The molecule has 6 heteroatoms. The van der Waals surface area contributed by atoms with E-state index >= 15 is 0 Å². The highest BCUT2D eigenvalue weighted by Crippen LogP contribution is 2.24. The number of benzene rings is 1. The van der Waals surface area contributed by atoms with Gasteiger partial charge in [-0.15, -0.1) is 0 Å². The molecular formula is C12H16BrFN2O2. The Morgan fingerprint density at radius 2 is 2.22 bits per heavy atom. The first-order valence-electron chi connectivity index (χ1n) is 5.49. The van der Waals surface area contributed by atoms with Crippen LogP contribution in [-0.4, -0.2) is 32.7 Å². The highest BCUT2D eigenvalue weighted by Gasteiger charge is 2.08. The molecule has 0 aliphatic carbocycles. The first-order chi connectivity index (χ1) is 8.54. The minimum Gasteiger partial charge on any atom is -0.383 e. The molecule has 2 N–H and O–H groups in total. The number of methoxy groups -OCH3 is 1. The number of hydrogen-bond acceptors (Lipinski definition) is 3. The fourth-order valence-electron chi connectivity index (χ4n) is 1.35. The number of anilines is 1. The molecule has 1 rings (SSSR count). The predicted molar refractivity (Wildman–Crippen MR) is 72.2 cm³/mol. The summed E-state index contributed by atoms with van der Waals surface area (Å²) in [6.45, 7) is 3.09. The van der Waals surface area contributed by atoms with Gasteiger partial charge >= 0.3 is 0 Å². The van der Waals surface area contributed by atoms with E-state index in [-0.39, 0.29) is 18.3 Å². The number of hydrogen-bond donors (Lipinski definition) is 2. The van der Waals surface area contributed by atoms with Crippen molar-refractivity contribution in [1.29, 1.82) is 0 Å². The third-order valence-corrected chi connectivity index (χ3v) is 2.92. The van der Waals surface area contributed by atoms with Crippen molar-refractivity contribution in [3.63, 3.8) is 0 Å². The Morgan fingerprint density at radius 3 is 2.89 bits per heavy atom. The minimum absolute atomic E-state index is 0.173. The van der Waals surface area contributed by atoms with E-state index < -0.39 is 0 Å². The van der Waals surface area contributed by atoms with E-state index in [0.29, 0.717) is 28.9 Å². The van der Waals surface area contributed by atoms with E-state index in [0.717, 1.165) is 0 Å². The van der Waals surface area contributed by atoms with Gasteiger partial charge in [0.2, 0.25) is 5.91 Å². The second kappa shape index (κ2) is 7.45. The maximum atomic E-state index is 13.2. The van der Waals surface area contributed by atoms with Gasteiger partial charge in [0, 0.05) is 19.3 Å². The summed E-state index contributed by atoms with van der Waals surface area (Å²) in [5, 5.41) is 5.65. The summed E-state index contributed by atoms with van der Waals surface area (Å²) in [6.07, 6.45) is 0. The molecule has 0 spiro atoms. The quantitative estimate of drug-likeness (QED) is 0.789. The second-order valence-electron chi connectivity index (χ2n) is 3.80. The molecule has 0 aliphatic heterocycles. The fourth-order valence-corrected chi connectivity index (χ4v) is 1.69. The Balaban J connectivity index is 2.51. The lowest BCUT2D eigenvalue weighted by Gasteiger charge is -2.10. The molecule has 0 radical (unpaired) electrons. The molecule has 0 unspecified atom stereocenters. The zero-order chi connectivity index (χ0) is 13.5. The van der Waals surface area contributed by atoms with Crippen molar-refractivity contribution in [1.82, 2.24) is 5.32 Å². The molecule has 0 saturated heterocycles. The van der Waals surface area contributed by atoms with Crippen LogP contribution in [0.4, 0.5) is 10.1 Å². The van der Waals surface area contributed by atoms with Gasteiger partial charge in [-0.1, -0.05) is 0 Å². The molecule has 0 aromatic heterocycles. The van der Waals surface area contributed by atoms with E-state index in [1.165, 1.54) is 6.07 Å². The van der Waals surface area contributed by atoms with Crippen LogP contribution in [0, 0.1) is 12.7 Å². The van der Waals surface area contributed by atoms with Gasteiger partial charge in [0.25, 0.3) is 0 Å². The van der Waals surface area contributed by atoms with Crippen molar-refractivity contribution in [2.45, 2.75) is 6.92 Å². The standard InChI is InChI=1S/C12H16BrFN2O2/c1-8-5-10(14)9(13)6-11(8)16-12(17)7-15-3-4-18-2/h5-6,15H,3-4,7H2,1-2H3,(H,16,17). The predicted octanol–water partition coefficient (Wildman–Crippen LogP) is 2.07. The lowest BCUT2D eigenvalue weighted by Crippen LogP contribution is -2.30. The number of rotatable bonds is 6. The molecule has 0 aliphatic rings. The lowest BCUT2D eigenvalue weighted by molar-refractivity contribution is -0.115. The van der Waals surface area contributed by atoms with Crippen molar-refractivity contribution >= 4 is 27.5 Å². The van der Waals surface area contributed by atoms with Gasteiger partial charge < -0.3 is 15.4 Å². The van der Waals surface area contributed by atoms with Crippen LogP contribution in [0.25, 0.3) is 0 Å². The molecule has 1 aromatic carbocycles. The van der Waals surface area contributed by atoms with Gasteiger partial charge in [0.05, 0.1) is 17.6 Å². The zero-order valence-corrected chi connectivity index (χ0v) is 11.9. The van der Waals surface area contributed by atoms with Gasteiger partial charge in [-0.25, -0.2) is 4.39 Å². The van der Waals surface area contributed by atoms with E-state index in [1.54, 1.807) is 20.1 Å². The lowest BCUT2D eigenvalue weighted by atomic mass is 10.2. The number of amides is 1. The summed E-state index contributed by atoms with van der Waals surface area (Å²) in [5.41, 5.74) is 1.28. The van der Waals surface area contributed by atoms with E-state index in [9.17, 15) is 9.18 Å². The summed E-state index contributed by atoms with van der Waals surface area (Å²) in [7, 11) is 1.60. The highest BCUT2D eigenvalue weighted by atomic mass is 79.9. The Labute approximate surface area is 114 Å². The number of halogens is 2. The average molecular weight is 319 g/mol. The molecular weight excluding hydrogens is 303 g/mol. The molecule has 1 aromatic rings. The van der Waals surface area contributed by atoms with Crippen LogP contribution in [0.15, 0.2) is 16.6 Å². The molecule has 0 heterocycles. The molecule has 1 amide bonds. The third kappa shape index (κ3) is 4.72. The molecule has 100 valence electrons. The van der Waals surface area contributed by atoms with Crippen LogP contribution in [-0.2, 0) is 9.53 Å². The maximum Gasteiger partial charge on any atom is 0.238 e. The van der Waals surface area contributed by atoms with Crippen molar-refractivity contribution in [2.24, 2.45) is 0 Å². The van der Waals surface area contributed by atoms with E-state index in [4.69, 9.17) is 4.74 Å². The molecule has 0 saturated carbocycles. The number of nitrogens with one attached hydrogen (secondary N) is 2. The third-order valence-electron chi connectivity index (χ3n) is 2.31. The summed E-state index contributed by atoms with van der Waals surface area (Å²) in [6, 6.07) is 2.93. The molecule has 0 atom stereocenters. The molecule has 0 fully saturated rings. The second-order valence-corrected chi connectivity index (χ2v) is 4.65. The average Bonchev–Trinajstić information content (AvgIpc) is 2.32. The van der Waals surface area contributed by atoms with Crippen molar-refractivity contribution in [3.05, 3.63) is 28.0 Å². The largest absolute Gasteiger partial charge is 0.383 e. The van der Waals surface area contributed by atoms with E-state index in [1.807, 2.05) is 0 Å². The maximum absolute atomic E-state index is 13.2. The van der Waals surface area contributed by atoms with Crippen LogP contribution in [0.1, 0.15) is 5.56 Å². The fraction of sp³-hybridized carbons (Fsp3) is 0.417. The SMILES string of the molecule is COCCNCC(=O)Nc1cc(Br)c(F)cc1C. The zero-order valence-electron chi connectivity index (χ0n) is 10.3. The first kappa shape index (κ1) is 15.1. The summed E-state index contributed by atoms with van der Waals surface area (Å²) in [4.78, 5) is 11.6. The van der Waals surface area contributed by atoms with Gasteiger partial charge in [0.1, 0.15) is 5.82 Å². The van der Waals surface area contributed by atoms with Crippen LogP contribution in [0.3, 0.4) is 0 Å². The van der Waals surface area contributed by atoms with Crippen molar-refractivity contribution < 1.29 is 13.9 Å². The minimum atomic E-state index is -0.344. The number of ether oxygens (including phenoxy) is 1. The van der Waals surface area contributed by atoms with Crippen LogP contribution < -0.4 is 10.6 Å². The molecule has 4 nitrogen and oxygen atoms in total. The topological polar surface area (TPSA) is 50.4 Å². The van der Waals surface area contributed by atoms with Crippen LogP contribution in [0.5, 0.6) is 0 Å². The molecule has 18 heavy (non-hydrogen) atoms. The Kier molecular flexibility index (Phi) is 6.24. The summed E-state index contributed by atoms with van der Waals surface area (Å²) < 4.78 is 18.4. The van der Waals surface area contributed by atoms with Crippen molar-refractivity contribution in [2.75, 3.05) is 32.1 Å². The van der Waals surface area contributed by atoms with Gasteiger partial charge in [-0.3, -0.25) is 4.79 Å². The molecule has 0 bridgehead atoms. The normalized spacial score (nSPS) is 10.4. The Hall–Kier alpha value is -0.980. The smallest absolute Gasteiger partial charge is 0.238 e. The van der Waals surface area contributed by atoms with Crippen LogP contribution >= 0.6 is 15.9 Å². The first-order valence-corrected chi connectivity index (χ1v) is 6.29. The number of aryl methyl sites for hydroxylation is 1. The van der Waals surface area contributed by atoms with Gasteiger partial charge in [-0.2, -0.15) is 0 Å². The number of carbonyl (C=O) groups is 1. The Morgan fingerprint density at radius 1 is 1.50 bits per heavy atom. The highest BCUT2D eigenvalue weighted by molar-refractivity contribution is 9.10. The van der Waals surface area contributed by atoms with E-state index in [2.05, 4.69) is 26.6 Å².